The predicted molar refractivity (Wildman–Crippen MR) is 115 cm³/mol. The van der Waals surface area contributed by atoms with E-state index in [1.807, 2.05) is 0 Å². The molecule has 5 atom stereocenters. The van der Waals surface area contributed by atoms with Gasteiger partial charge in [-0.1, -0.05) is 43.2 Å². The number of hydrogen-bond acceptors (Lipinski definition) is 3. The van der Waals surface area contributed by atoms with E-state index in [2.05, 4.69) is 52.8 Å². The average Bonchev–Trinajstić information content (AvgIpc) is 3.19. The summed E-state index contributed by atoms with van der Waals surface area (Å²) in [5.41, 5.74) is 1.35. The lowest BCUT2D eigenvalue weighted by Gasteiger charge is -2.24. The molecule has 2 heterocycles. The number of likely N-dealkylation sites (tertiary alicyclic amines) is 1. The van der Waals surface area contributed by atoms with Crippen molar-refractivity contribution in [2.45, 2.75) is 76.2 Å². The first-order chi connectivity index (χ1) is 12.2. The van der Waals surface area contributed by atoms with Gasteiger partial charge < -0.3 is 10.6 Å². The number of rotatable bonds is 4. The van der Waals surface area contributed by atoms with E-state index in [4.69, 9.17) is 0 Å². The van der Waals surface area contributed by atoms with Crippen molar-refractivity contribution in [1.82, 2.24) is 15.5 Å². The largest absolute Gasteiger partial charge is 0.351 e. The van der Waals surface area contributed by atoms with Crippen LogP contribution in [0.15, 0.2) is 30.3 Å². The van der Waals surface area contributed by atoms with Crippen LogP contribution in [-0.4, -0.2) is 41.5 Å². The van der Waals surface area contributed by atoms with Crippen LogP contribution < -0.4 is 10.6 Å². The lowest BCUT2D eigenvalue weighted by atomic mass is 9.85. The van der Waals surface area contributed by atoms with Crippen molar-refractivity contribution in [2.75, 3.05) is 6.54 Å². The Morgan fingerprint density at radius 3 is 2.63 bits per heavy atom. The van der Waals surface area contributed by atoms with Crippen LogP contribution in [0.2, 0.25) is 0 Å². The number of benzene rings is 1. The lowest BCUT2D eigenvalue weighted by Crippen LogP contribution is -2.47. The van der Waals surface area contributed by atoms with Crippen molar-refractivity contribution in [3.8, 4) is 0 Å². The van der Waals surface area contributed by atoms with Gasteiger partial charge in [-0.3, -0.25) is 9.69 Å². The molecular weight excluding hydrogens is 381 g/mol. The fraction of sp³-hybridized carbons (Fsp3) is 0.667. The summed E-state index contributed by atoms with van der Waals surface area (Å²) < 4.78 is 0. The Morgan fingerprint density at radius 2 is 1.89 bits per heavy atom. The highest BCUT2D eigenvalue weighted by atomic mass is 35.5. The maximum Gasteiger partial charge on any atom is 0.237 e. The predicted octanol–water partition coefficient (Wildman–Crippen LogP) is 3.53. The second kappa shape index (κ2) is 10.1. The Kier molecular flexibility index (Phi) is 8.41. The van der Waals surface area contributed by atoms with Crippen LogP contribution in [0, 0.1) is 5.92 Å². The molecule has 0 radical (unpaired) electrons. The van der Waals surface area contributed by atoms with Gasteiger partial charge in [-0.15, -0.1) is 24.8 Å². The fourth-order valence-corrected chi connectivity index (χ4v) is 5.06. The van der Waals surface area contributed by atoms with E-state index in [-0.39, 0.29) is 42.8 Å². The second-order valence-electron chi connectivity index (χ2n) is 8.31. The number of amides is 1. The molecule has 27 heavy (non-hydrogen) atoms. The second-order valence-corrected chi connectivity index (χ2v) is 8.31. The van der Waals surface area contributed by atoms with E-state index in [1.165, 1.54) is 31.2 Å². The van der Waals surface area contributed by atoms with Gasteiger partial charge in [0.15, 0.2) is 0 Å². The monoisotopic (exact) mass is 413 g/mol. The fourth-order valence-electron chi connectivity index (χ4n) is 5.06. The zero-order valence-corrected chi connectivity index (χ0v) is 17.7. The number of nitrogens with one attached hydrogen (secondary N) is 2. The molecule has 0 aromatic heterocycles. The molecule has 1 aromatic rings. The zero-order valence-electron chi connectivity index (χ0n) is 16.1. The van der Waals surface area contributed by atoms with E-state index in [0.29, 0.717) is 12.1 Å². The molecule has 6 heteroatoms. The minimum Gasteiger partial charge on any atom is -0.351 e. The summed E-state index contributed by atoms with van der Waals surface area (Å²) in [5.74, 6) is 0.953. The van der Waals surface area contributed by atoms with Crippen LogP contribution in [0.4, 0.5) is 0 Å². The molecule has 3 aliphatic rings. The molecule has 2 saturated heterocycles. The molecule has 0 bridgehead atoms. The normalized spacial score (nSPS) is 32.9. The number of nitrogens with zero attached hydrogens (tertiary/aromatic N) is 1. The first-order valence-electron chi connectivity index (χ1n) is 10.0. The number of hydrogen-bond donors (Lipinski definition) is 2. The van der Waals surface area contributed by atoms with E-state index >= 15 is 0 Å². The third kappa shape index (κ3) is 5.38. The summed E-state index contributed by atoms with van der Waals surface area (Å²) in [6.45, 7) is 4.21. The molecule has 2 aliphatic heterocycles. The summed E-state index contributed by atoms with van der Waals surface area (Å²) in [7, 11) is 0. The highest BCUT2D eigenvalue weighted by Gasteiger charge is 2.39. The maximum absolute atomic E-state index is 12.7. The van der Waals surface area contributed by atoms with Gasteiger partial charge in [0.05, 0.1) is 6.04 Å². The summed E-state index contributed by atoms with van der Waals surface area (Å²) in [6, 6.07) is 12.0. The molecule has 1 saturated carbocycles. The van der Waals surface area contributed by atoms with Crippen LogP contribution in [-0.2, 0) is 11.3 Å². The molecule has 2 N–H and O–H groups in total. The number of carbonyl (C=O) groups is 1. The van der Waals surface area contributed by atoms with Crippen LogP contribution in [0.3, 0.4) is 0 Å². The van der Waals surface area contributed by atoms with Crippen molar-refractivity contribution < 1.29 is 4.79 Å². The van der Waals surface area contributed by atoms with Crippen molar-refractivity contribution in [2.24, 2.45) is 5.92 Å². The van der Waals surface area contributed by atoms with Crippen molar-refractivity contribution >= 4 is 30.7 Å². The highest BCUT2D eigenvalue weighted by Crippen LogP contribution is 2.33. The molecule has 5 unspecified atom stereocenters. The molecule has 0 spiro atoms. The molecule has 152 valence electrons. The minimum atomic E-state index is 0. The molecular formula is C21H33Cl2N3O. The molecule has 1 aliphatic carbocycles. The van der Waals surface area contributed by atoms with Gasteiger partial charge in [0.2, 0.25) is 5.91 Å². The number of fused-ring (bicyclic) bond motifs is 1. The van der Waals surface area contributed by atoms with Crippen LogP contribution in [0.1, 0.15) is 51.0 Å². The lowest BCUT2D eigenvalue weighted by molar-refractivity contribution is -0.123. The summed E-state index contributed by atoms with van der Waals surface area (Å²) in [6.07, 6.45) is 7.29. The number of carbonyl (C=O) groups excluding carboxylic acids is 1. The van der Waals surface area contributed by atoms with Gasteiger partial charge in [0, 0.05) is 31.2 Å². The summed E-state index contributed by atoms with van der Waals surface area (Å²) >= 11 is 0. The summed E-state index contributed by atoms with van der Waals surface area (Å²) in [5, 5.41) is 6.94. The van der Waals surface area contributed by atoms with Gasteiger partial charge in [-0.05, 0) is 44.1 Å². The van der Waals surface area contributed by atoms with Crippen LogP contribution in [0.5, 0.6) is 0 Å². The third-order valence-electron chi connectivity index (χ3n) is 6.46. The molecule has 1 aromatic carbocycles. The van der Waals surface area contributed by atoms with Crippen LogP contribution >= 0.6 is 24.8 Å². The molecule has 1 amide bonds. The molecule has 3 fully saturated rings. The zero-order chi connectivity index (χ0) is 17.2. The number of halogens is 2. The Morgan fingerprint density at radius 1 is 1.15 bits per heavy atom. The maximum atomic E-state index is 12.7. The Labute approximate surface area is 175 Å². The highest BCUT2D eigenvalue weighted by molar-refractivity contribution is 5.85. The minimum absolute atomic E-state index is 0. The Hall–Kier alpha value is -0.810. The SMILES string of the molecule is CC1CC(NC(=O)C2CC3CCCCC3N2)CN1Cc1ccccc1.Cl.Cl. The Balaban J connectivity index is 0.00000131. The molecule has 4 rings (SSSR count). The van der Waals surface area contributed by atoms with Crippen molar-refractivity contribution in [1.29, 1.82) is 0 Å². The van der Waals surface area contributed by atoms with Crippen molar-refractivity contribution in [3.05, 3.63) is 35.9 Å². The Bertz CT molecular complexity index is 586. The van der Waals surface area contributed by atoms with E-state index in [1.54, 1.807) is 0 Å². The first kappa shape index (κ1) is 22.5. The first-order valence-corrected chi connectivity index (χ1v) is 10.0. The summed E-state index contributed by atoms with van der Waals surface area (Å²) in [4.78, 5) is 15.2. The third-order valence-corrected chi connectivity index (χ3v) is 6.46. The average molecular weight is 414 g/mol. The quantitative estimate of drug-likeness (QED) is 0.793. The van der Waals surface area contributed by atoms with Crippen LogP contribution in [0.25, 0.3) is 0 Å². The van der Waals surface area contributed by atoms with Crippen molar-refractivity contribution in [3.63, 3.8) is 0 Å². The van der Waals surface area contributed by atoms with Gasteiger partial charge in [-0.2, -0.15) is 0 Å². The topological polar surface area (TPSA) is 44.4 Å². The van der Waals surface area contributed by atoms with Gasteiger partial charge >= 0.3 is 0 Å². The smallest absolute Gasteiger partial charge is 0.237 e. The van der Waals surface area contributed by atoms with E-state index < -0.39 is 0 Å². The molecule has 4 nitrogen and oxygen atoms in total. The van der Waals surface area contributed by atoms with Gasteiger partial charge in [0.1, 0.15) is 0 Å². The van der Waals surface area contributed by atoms with Gasteiger partial charge in [0.25, 0.3) is 0 Å². The standard InChI is InChI=1S/C21H31N3O.2ClH/c1-15-11-18(14-24(15)13-16-7-3-2-4-8-16)22-21(25)20-12-17-9-5-6-10-19(17)23-20;;/h2-4,7-8,15,17-20,23H,5-6,9-14H2,1H3,(H,22,25);2*1H. The van der Waals surface area contributed by atoms with Gasteiger partial charge in [-0.25, -0.2) is 0 Å². The van der Waals surface area contributed by atoms with E-state index in [9.17, 15) is 4.79 Å². The van der Waals surface area contributed by atoms with E-state index in [0.717, 1.165) is 31.8 Å².